The molecule has 2 amide bonds. The van der Waals surface area contributed by atoms with E-state index in [4.69, 9.17) is 9.47 Å². The number of anilines is 1. The Balaban J connectivity index is 1.67. The van der Waals surface area contributed by atoms with Crippen LogP contribution in [0.4, 0.5) is 5.69 Å². The second kappa shape index (κ2) is 9.80. The van der Waals surface area contributed by atoms with Crippen LogP contribution in [0.1, 0.15) is 44.8 Å². The van der Waals surface area contributed by atoms with Crippen molar-refractivity contribution in [2.75, 3.05) is 19.5 Å². The molecule has 3 rings (SSSR count). The molecule has 0 heterocycles. The first-order valence-electron chi connectivity index (χ1n) is 9.92. The van der Waals surface area contributed by atoms with Gasteiger partial charge in [0.1, 0.15) is 0 Å². The van der Waals surface area contributed by atoms with E-state index >= 15 is 0 Å². The number of nitrogens with one attached hydrogen (secondary N) is 2. The Morgan fingerprint density at radius 2 is 1.39 bits per heavy atom. The van der Waals surface area contributed by atoms with Crippen LogP contribution in [0.2, 0.25) is 0 Å². The van der Waals surface area contributed by atoms with Crippen LogP contribution in [0.15, 0.2) is 66.7 Å². The number of hydrogen-bond donors (Lipinski definition) is 2. The lowest BCUT2D eigenvalue weighted by Gasteiger charge is -2.19. The molecule has 0 aliphatic carbocycles. The molecule has 31 heavy (non-hydrogen) atoms. The Hall–Kier alpha value is -3.80. The van der Waals surface area contributed by atoms with Crippen LogP contribution >= 0.6 is 0 Å². The predicted octanol–water partition coefficient (Wildman–Crippen LogP) is 4.76. The molecular weight excluding hydrogens is 392 g/mol. The van der Waals surface area contributed by atoms with Gasteiger partial charge in [0, 0.05) is 16.8 Å². The number of benzene rings is 3. The molecule has 0 bridgehead atoms. The van der Waals surface area contributed by atoms with Crippen molar-refractivity contribution in [1.82, 2.24) is 5.32 Å². The Kier molecular flexibility index (Phi) is 6.92. The Morgan fingerprint density at radius 3 is 2.00 bits per heavy atom. The van der Waals surface area contributed by atoms with E-state index < -0.39 is 0 Å². The molecule has 0 saturated heterocycles. The van der Waals surface area contributed by atoms with Crippen molar-refractivity contribution in [3.8, 4) is 11.5 Å². The van der Waals surface area contributed by atoms with Crippen LogP contribution in [0.3, 0.4) is 0 Å². The van der Waals surface area contributed by atoms with Gasteiger partial charge in [-0.2, -0.15) is 0 Å². The predicted molar refractivity (Wildman–Crippen MR) is 121 cm³/mol. The van der Waals surface area contributed by atoms with E-state index in [1.165, 1.54) is 0 Å². The largest absolute Gasteiger partial charge is 0.493 e. The summed E-state index contributed by atoms with van der Waals surface area (Å²) < 4.78 is 10.7. The Labute approximate surface area is 182 Å². The second-order valence-corrected chi connectivity index (χ2v) is 7.16. The number of hydrogen-bond acceptors (Lipinski definition) is 4. The monoisotopic (exact) mass is 418 g/mol. The molecular formula is C25H26N2O4. The Bertz CT molecular complexity index is 1060. The van der Waals surface area contributed by atoms with E-state index in [2.05, 4.69) is 10.6 Å². The average Bonchev–Trinajstić information content (AvgIpc) is 2.79. The van der Waals surface area contributed by atoms with Gasteiger partial charge in [-0.15, -0.1) is 0 Å². The minimum Gasteiger partial charge on any atom is -0.493 e. The first-order chi connectivity index (χ1) is 14.9. The van der Waals surface area contributed by atoms with E-state index in [0.29, 0.717) is 28.3 Å². The summed E-state index contributed by atoms with van der Waals surface area (Å²) in [7, 11) is 3.17. The lowest BCUT2D eigenvalue weighted by Crippen LogP contribution is -2.27. The zero-order valence-electron chi connectivity index (χ0n) is 18.1. The molecule has 160 valence electrons. The molecule has 0 spiro atoms. The molecule has 0 saturated carbocycles. The van der Waals surface area contributed by atoms with Crippen molar-refractivity contribution < 1.29 is 19.1 Å². The van der Waals surface area contributed by atoms with Gasteiger partial charge < -0.3 is 20.1 Å². The van der Waals surface area contributed by atoms with Gasteiger partial charge >= 0.3 is 0 Å². The first-order valence-corrected chi connectivity index (χ1v) is 9.92. The summed E-state index contributed by atoms with van der Waals surface area (Å²) in [5.74, 6) is 0.857. The molecule has 6 nitrogen and oxygen atoms in total. The third-order valence-corrected chi connectivity index (χ3v) is 5.03. The maximum absolute atomic E-state index is 12.7. The summed E-state index contributed by atoms with van der Waals surface area (Å²) in [6, 6.07) is 19.3. The highest BCUT2D eigenvalue weighted by Gasteiger charge is 2.17. The van der Waals surface area contributed by atoms with Gasteiger partial charge in [0.25, 0.3) is 11.8 Å². The third-order valence-electron chi connectivity index (χ3n) is 5.03. The normalized spacial score (nSPS) is 11.4. The molecule has 6 heteroatoms. The number of carbonyl (C=O) groups is 2. The summed E-state index contributed by atoms with van der Waals surface area (Å²) in [5, 5.41) is 5.83. The number of amides is 2. The molecule has 0 fully saturated rings. The van der Waals surface area contributed by atoms with Gasteiger partial charge in [-0.1, -0.05) is 18.2 Å². The van der Waals surface area contributed by atoms with Crippen molar-refractivity contribution in [3.63, 3.8) is 0 Å². The fraction of sp³-hybridized carbons (Fsp3) is 0.200. The molecule has 2 N–H and O–H groups in total. The number of rotatable bonds is 7. The average molecular weight is 418 g/mol. The van der Waals surface area contributed by atoms with Crippen LogP contribution in [0, 0.1) is 6.92 Å². The standard InChI is InChI=1S/C25H26N2O4/c1-16-14-22(30-3)23(31-4)15-21(16)17(2)26-24(28)19-10-12-20(13-11-19)27-25(29)18-8-6-5-7-9-18/h5-15,17H,1-4H3,(H,26,28)(H,27,29). The minimum absolute atomic E-state index is 0.199. The Morgan fingerprint density at radius 1 is 0.806 bits per heavy atom. The number of ether oxygens (including phenoxy) is 2. The van der Waals surface area contributed by atoms with Crippen LogP contribution in [-0.4, -0.2) is 26.0 Å². The first kappa shape index (κ1) is 21.9. The maximum Gasteiger partial charge on any atom is 0.255 e. The fourth-order valence-corrected chi connectivity index (χ4v) is 3.32. The van der Waals surface area contributed by atoms with Crippen LogP contribution < -0.4 is 20.1 Å². The molecule has 0 aromatic heterocycles. The van der Waals surface area contributed by atoms with E-state index in [1.54, 1.807) is 50.6 Å². The molecule has 3 aromatic rings. The van der Waals surface area contributed by atoms with E-state index in [1.807, 2.05) is 44.2 Å². The van der Waals surface area contributed by atoms with E-state index in [-0.39, 0.29) is 17.9 Å². The van der Waals surface area contributed by atoms with Gasteiger partial charge in [0.2, 0.25) is 0 Å². The van der Waals surface area contributed by atoms with Crippen molar-refractivity contribution in [2.45, 2.75) is 19.9 Å². The highest BCUT2D eigenvalue weighted by molar-refractivity contribution is 6.04. The summed E-state index contributed by atoms with van der Waals surface area (Å²) in [4.78, 5) is 25.0. The second-order valence-electron chi connectivity index (χ2n) is 7.16. The van der Waals surface area contributed by atoms with Crippen molar-refractivity contribution in [1.29, 1.82) is 0 Å². The smallest absolute Gasteiger partial charge is 0.255 e. The van der Waals surface area contributed by atoms with Gasteiger partial charge in [0.05, 0.1) is 20.3 Å². The number of carbonyl (C=O) groups excluding carboxylic acids is 2. The van der Waals surface area contributed by atoms with Crippen LogP contribution in [0.5, 0.6) is 11.5 Å². The van der Waals surface area contributed by atoms with Crippen molar-refractivity contribution in [2.24, 2.45) is 0 Å². The molecule has 3 aromatic carbocycles. The number of methoxy groups -OCH3 is 2. The maximum atomic E-state index is 12.7. The van der Waals surface area contributed by atoms with Crippen molar-refractivity contribution >= 4 is 17.5 Å². The highest BCUT2D eigenvalue weighted by Crippen LogP contribution is 2.33. The topological polar surface area (TPSA) is 76.7 Å². The zero-order valence-corrected chi connectivity index (χ0v) is 18.1. The van der Waals surface area contributed by atoms with Crippen LogP contribution in [-0.2, 0) is 0 Å². The lowest BCUT2D eigenvalue weighted by molar-refractivity contribution is 0.0939. The molecule has 0 aliphatic heterocycles. The number of aryl methyl sites for hydroxylation is 1. The summed E-state index contributed by atoms with van der Waals surface area (Å²) in [6.45, 7) is 3.88. The van der Waals surface area contributed by atoms with Gasteiger partial charge in [-0.25, -0.2) is 0 Å². The summed E-state index contributed by atoms with van der Waals surface area (Å²) in [6.07, 6.45) is 0. The fourth-order valence-electron chi connectivity index (χ4n) is 3.32. The lowest BCUT2D eigenvalue weighted by atomic mass is 10.0. The van der Waals surface area contributed by atoms with Crippen molar-refractivity contribution in [3.05, 3.63) is 89.0 Å². The summed E-state index contributed by atoms with van der Waals surface area (Å²) >= 11 is 0. The van der Waals surface area contributed by atoms with Gasteiger partial charge in [-0.05, 0) is 73.5 Å². The van der Waals surface area contributed by atoms with E-state index in [0.717, 1.165) is 11.1 Å². The van der Waals surface area contributed by atoms with Gasteiger partial charge in [-0.3, -0.25) is 9.59 Å². The van der Waals surface area contributed by atoms with Crippen LogP contribution in [0.25, 0.3) is 0 Å². The molecule has 0 aliphatic rings. The minimum atomic E-state index is -0.232. The zero-order chi connectivity index (χ0) is 22.4. The molecule has 1 unspecified atom stereocenters. The molecule has 0 radical (unpaired) electrons. The SMILES string of the molecule is COc1cc(C)c(C(C)NC(=O)c2ccc(NC(=O)c3ccccc3)cc2)cc1OC. The molecule has 1 atom stereocenters. The van der Waals surface area contributed by atoms with Gasteiger partial charge in [0.15, 0.2) is 11.5 Å². The highest BCUT2D eigenvalue weighted by atomic mass is 16.5. The quantitative estimate of drug-likeness (QED) is 0.580. The third kappa shape index (κ3) is 5.22. The van der Waals surface area contributed by atoms with E-state index in [9.17, 15) is 9.59 Å². The summed E-state index contributed by atoms with van der Waals surface area (Å²) in [5.41, 5.74) is 3.63.